The van der Waals surface area contributed by atoms with Gasteiger partial charge in [0.05, 0.1) is 34.5 Å². The minimum Gasteiger partial charge on any atom is -0.481 e. The third kappa shape index (κ3) is 12.5. The number of nitrogens with zero attached hydrogens (tertiary/aromatic N) is 8. The molecule has 0 unspecified atom stereocenters. The van der Waals surface area contributed by atoms with Crippen LogP contribution in [0, 0.1) is 15.5 Å². The molecule has 1 aliphatic heterocycles. The molecule has 0 amide bonds. The topological polar surface area (TPSA) is 182 Å². The van der Waals surface area contributed by atoms with E-state index in [9.17, 15) is 34.7 Å². The predicted molar refractivity (Wildman–Crippen MR) is 283 cm³/mol. The maximum Gasteiger partial charge on any atom is 0.332 e. The second-order valence-corrected chi connectivity index (χ2v) is 20.7. The highest BCUT2D eigenvalue weighted by molar-refractivity contribution is 7.99. The largest absolute Gasteiger partial charge is 0.481 e. The molecule has 0 radical (unpaired) electrons. The Morgan fingerprint density at radius 3 is 2.35 bits per heavy atom. The lowest BCUT2D eigenvalue weighted by molar-refractivity contribution is -0.384. The molecule has 0 spiro atoms. The van der Waals surface area contributed by atoms with Gasteiger partial charge in [-0.15, -0.1) is 0 Å². The van der Waals surface area contributed by atoms with Crippen LogP contribution in [0.5, 0.6) is 0 Å². The molecule has 2 aliphatic rings. The van der Waals surface area contributed by atoms with Crippen molar-refractivity contribution in [1.29, 1.82) is 0 Å². The van der Waals surface area contributed by atoms with Gasteiger partial charge >= 0.3 is 11.7 Å². The molecule has 3 aromatic heterocycles. The van der Waals surface area contributed by atoms with Crippen LogP contribution in [0.1, 0.15) is 72.7 Å². The van der Waals surface area contributed by atoms with Crippen molar-refractivity contribution >= 4 is 74.9 Å². The lowest BCUT2D eigenvalue weighted by atomic mass is 9.90. The van der Waals surface area contributed by atoms with Crippen molar-refractivity contribution < 1.29 is 19.9 Å². The van der Waals surface area contributed by atoms with Gasteiger partial charge in [-0.05, 0) is 104 Å². The monoisotopic (exact) mass is 998 g/mol. The highest BCUT2D eigenvalue weighted by atomic mass is 35.5. The number of benzene rings is 4. The number of aromatic nitrogens is 5. The normalized spacial score (nSPS) is 15.2. The summed E-state index contributed by atoms with van der Waals surface area (Å²) in [5, 5.41) is 32.9. The van der Waals surface area contributed by atoms with Crippen molar-refractivity contribution in [3.05, 3.63) is 173 Å². The Balaban J connectivity index is 0.000000200. The Bertz CT molecular complexity index is 3200. The van der Waals surface area contributed by atoms with Gasteiger partial charge in [0, 0.05) is 92.6 Å². The number of thioether (sulfide) groups is 1. The van der Waals surface area contributed by atoms with Crippen LogP contribution < -0.4 is 16.1 Å². The Hall–Kier alpha value is -6.59. The Labute approximate surface area is 421 Å². The van der Waals surface area contributed by atoms with Gasteiger partial charge in [0.1, 0.15) is 0 Å². The molecule has 71 heavy (non-hydrogen) atoms. The van der Waals surface area contributed by atoms with Gasteiger partial charge in [0.2, 0.25) is 0 Å². The molecule has 1 atom stereocenters. The molecule has 17 heteroatoms. The number of halogens is 1. The van der Waals surface area contributed by atoms with E-state index >= 15 is 0 Å². The van der Waals surface area contributed by atoms with Crippen LogP contribution in [0.4, 0.5) is 11.4 Å². The van der Waals surface area contributed by atoms with Crippen LogP contribution in [0.3, 0.4) is 0 Å². The molecule has 15 nitrogen and oxygen atoms in total. The Kier molecular flexibility index (Phi) is 15.6. The fourth-order valence-corrected chi connectivity index (χ4v) is 10.9. The standard InChI is InChI=1S/C35H36ClNO3S.C19H23N7O4/c1-34(2,40)30-9-4-3-7-25(30)13-17-32(41-23-35(18-19-35)22-33(38)39)27-8-5-6-24(20-27)10-15-29-16-12-26-11-14-28(36)21-31(26)37-29;1-21-17-16(18(27)22(2)19(21)28)25(13-20-17)12-9-23-7-10-24(11-8-23)14-3-5-15(6-4-14)26(29)30/h3-12,14-16,20-21,32,40H,13,17-19,22-23H2,1-2H3,(H,38,39);3-6,13H,7-12H2,1-2H3/b15-10+;/t32-;/m1./s1. The molecule has 4 heterocycles. The first-order chi connectivity index (χ1) is 34.0. The third-order valence-electron chi connectivity index (χ3n) is 13.5. The van der Waals surface area contributed by atoms with Crippen LogP contribution >= 0.6 is 23.4 Å². The lowest BCUT2D eigenvalue weighted by Crippen LogP contribution is -2.47. The number of non-ortho nitro benzene ring substituents is 1. The van der Waals surface area contributed by atoms with Crippen LogP contribution in [-0.4, -0.2) is 88.2 Å². The minimum atomic E-state index is -0.911. The molecule has 1 saturated heterocycles. The van der Waals surface area contributed by atoms with E-state index in [1.165, 1.54) is 29.3 Å². The molecular formula is C54H59ClN8O7S. The summed E-state index contributed by atoms with van der Waals surface area (Å²) < 4.78 is 4.29. The van der Waals surface area contributed by atoms with Crippen LogP contribution in [0.15, 0.2) is 119 Å². The van der Waals surface area contributed by atoms with Crippen molar-refractivity contribution in [2.45, 2.75) is 63.3 Å². The summed E-state index contributed by atoms with van der Waals surface area (Å²) in [7, 11) is 3.08. The number of rotatable bonds is 17. The average Bonchev–Trinajstić information content (AvgIpc) is 3.98. The van der Waals surface area contributed by atoms with Crippen molar-refractivity contribution in [1.82, 2.24) is 28.6 Å². The number of carbonyl (C=O) groups is 1. The molecular weight excluding hydrogens is 940 g/mol. The number of aliphatic carboxylic acids is 1. The van der Waals surface area contributed by atoms with Crippen LogP contribution in [-0.2, 0) is 37.5 Å². The Morgan fingerprint density at radius 2 is 1.65 bits per heavy atom. The number of piperazine rings is 1. The van der Waals surface area contributed by atoms with Crippen molar-refractivity contribution in [3.8, 4) is 0 Å². The number of fused-ring (bicyclic) bond motifs is 2. The molecule has 0 bridgehead atoms. The van der Waals surface area contributed by atoms with Gasteiger partial charge in [0.25, 0.3) is 11.2 Å². The van der Waals surface area contributed by atoms with Gasteiger partial charge in [-0.3, -0.25) is 33.7 Å². The number of imidazole rings is 1. The van der Waals surface area contributed by atoms with Gasteiger partial charge in [-0.25, -0.2) is 14.8 Å². The molecule has 1 aliphatic carbocycles. The highest BCUT2D eigenvalue weighted by Gasteiger charge is 2.44. The number of hydrogen-bond acceptors (Lipinski definition) is 11. The second-order valence-electron chi connectivity index (χ2n) is 19.1. The first-order valence-electron chi connectivity index (χ1n) is 23.8. The summed E-state index contributed by atoms with van der Waals surface area (Å²) in [6.45, 7) is 8.34. The van der Waals surface area contributed by atoms with Gasteiger partial charge < -0.3 is 19.7 Å². The second kappa shape index (κ2) is 21.8. The van der Waals surface area contributed by atoms with E-state index < -0.39 is 16.5 Å². The quantitative estimate of drug-likeness (QED) is 0.0653. The number of nitro benzene ring substituents is 1. The van der Waals surface area contributed by atoms with Gasteiger partial charge in [-0.2, -0.15) is 11.8 Å². The molecule has 370 valence electrons. The summed E-state index contributed by atoms with van der Waals surface area (Å²) in [6.07, 6.45) is 9.63. The number of nitro groups is 1. The molecule has 4 aromatic carbocycles. The van der Waals surface area contributed by atoms with E-state index in [-0.39, 0.29) is 34.0 Å². The average molecular weight is 1000 g/mol. The van der Waals surface area contributed by atoms with E-state index in [1.807, 2.05) is 74.1 Å². The van der Waals surface area contributed by atoms with Crippen molar-refractivity contribution in [3.63, 3.8) is 0 Å². The molecule has 2 N–H and O–H groups in total. The Morgan fingerprint density at radius 1 is 0.915 bits per heavy atom. The molecule has 9 rings (SSSR count). The van der Waals surface area contributed by atoms with E-state index in [0.29, 0.717) is 22.7 Å². The highest BCUT2D eigenvalue weighted by Crippen LogP contribution is 2.53. The first kappa shape index (κ1) is 50.8. The van der Waals surface area contributed by atoms with Gasteiger partial charge in [0.15, 0.2) is 11.2 Å². The van der Waals surface area contributed by atoms with Crippen molar-refractivity contribution in [2.75, 3.05) is 43.4 Å². The zero-order chi connectivity index (χ0) is 50.5. The number of aryl methyl sites for hydroxylation is 2. The number of hydrogen-bond donors (Lipinski definition) is 2. The van der Waals surface area contributed by atoms with Crippen molar-refractivity contribution in [2.24, 2.45) is 19.5 Å². The van der Waals surface area contributed by atoms with E-state index in [0.717, 1.165) is 108 Å². The molecule has 7 aromatic rings. The lowest BCUT2D eigenvalue weighted by Gasteiger charge is -2.36. The number of pyridine rings is 1. The molecule has 2 fully saturated rings. The smallest absolute Gasteiger partial charge is 0.332 e. The van der Waals surface area contributed by atoms with E-state index in [4.69, 9.17) is 16.6 Å². The summed E-state index contributed by atoms with van der Waals surface area (Å²) in [4.78, 5) is 60.0. The number of aliphatic hydroxyl groups is 1. The summed E-state index contributed by atoms with van der Waals surface area (Å²) >= 11 is 8.04. The maximum absolute atomic E-state index is 12.5. The summed E-state index contributed by atoms with van der Waals surface area (Å²) in [5.74, 6) is 0.122. The zero-order valence-electron chi connectivity index (χ0n) is 40.4. The SMILES string of the molecule is CC(C)(O)c1ccccc1CC[C@@H](SCC1(CC(=O)O)CC1)c1cccc(/C=C/c2ccc3ccc(Cl)cc3n2)c1.Cn1c(=O)c2c(ncn2CCN2CCN(c3ccc([N+](=O)[O-])cc3)CC2)n(C)c1=O. The minimum absolute atomic E-state index is 0.0814. The van der Waals surface area contributed by atoms with Crippen LogP contribution in [0.2, 0.25) is 5.02 Å². The first-order valence-corrected chi connectivity index (χ1v) is 25.2. The fourth-order valence-electron chi connectivity index (χ4n) is 9.19. The molecule has 1 saturated carbocycles. The predicted octanol–water partition coefficient (Wildman–Crippen LogP) is 9.11. The third-order valence-corrected chi connectivity index (χ3v) is 15.4. The van der Waals surface area contributed by atoms with E-state index in [1.54, 1.807) is 30.1 Å². The number of carboxylic acid groups (broad SMARTS) is 1. The van der Waals surface area contributed by atoms with Crippen LogP contribution in [0.25, 0.3) is 34.2 Å². The number of carboxylic acids is 1. The fraction of sp³-hybridized carbons (Fsp3) is 0.352. The number of anilines is 1. The maximum atomic E-state index is 12.5. The summed E-state index contributed by atoms with van der Waals surface area (Å²) in [5.41, 5.74) is 6.32. The van der Waals surface area contributed by atoms with Gasteiger partial charge in [-0.1, -0.05) is 78.3 Å². The zero-order valence-corrected chi connectivity index (χ0v) is 42.0. The summed E-state index contributed by atoms with van der Waals surface area (Å²) in [6, 6.07) is 33.1. The van der Waals surface area contributed by atoms with E-state index in [2.05, 4.69) is 57.3 Å².